The summed E-state index contributed by atoms with van der Waals surface area (Å²) in [6.45, 7) is 1.69. The Morgan fingerprint density at radius 3 is 2.92 bits per heavy atom. The van der Waals surface area contributed by atoms with E-state index in [1.165, 1.54) is 5.56 Å². The predicted octanol–water partition coefficient (Wildman–Crippen LogP) is 2.09. The van der Waals surface area contributed by atoms with Gasteiger partial charge in [0.05, 0.1) is 17.5 Å². The zero-order valence-corrected chi connectivity index (χ0v) is 14.3. The summed E-state index contributed by atoms with van der Waals surface area (Å²) in [6, 6.07) is 9.41. The van der Waals surface area contributed by atoms with E-state index in [4.69, 9.17) is 4.52 Å². The molecule has 1 aromatic carbocycles. The number of aryl methyl sites for hydroxylation is 2. The molecule has 1 unspecified atom stereocenters. The van der Waals surface area contributed by atoms with E-state index in [1.54, 1.807) is 13.0 Å². The van der Waals surface area contributed by atoms with Crippen molar-refractivity contribution in [3.63, 3.8) is 0 Å². The van der Waals surface area contributed by atoms with Crippen molar-refractivity contribution in [1.82, 2.24) is 10.5 Å². The zero-order chi connectivity index (χ0) is 17.2. The van der Waals surface area contributed by atoms with Crippen LogP contribution < -0.4 is 5.32 Å². The Morgan fingerprint density at radius 1 is 1.38 bits per heavy atom. The van der Waals surface area contributed by atoms with Crippen LogP contribution in [0.3, 0.4) is 0 Å². The lowest BCUT2D eigenvalue weighted by molar-refractivity contribution is -0.119. The molecule has 24 heavy (non-hydrogen) atoms. The first kappa shape index (κ1) is 16.7. The Kier molecular flexibility index (Phi) is 4.71. The number of rotatable bonds is 5. The normalized spacial score (nSPS) is 17.3. The van der Waals surface area contributed by atoms with Crippen molar-refractivity contribution < 1.29 is 17.7 Å². The van der Waals surface area contributed by atoms with Crippen LogP contribution in [-0.4, -0.2) is 25.2 Å². The Hall–Kier alpha value is -2.15. The molecule has 0 radical (unpaired) electrons. The number of carbonyl (C=O) groups is 1. The number of nitrogens with one attached hydrogen (secondary N) is 1. The zero-order valence-electron chi connectivity index (χ0n) is 13.5. The summed E-state index contributed by atoms with van der Waals surface area (Å²) in [6.07, 6.45) is 2.80. The maximum Gasteiger partial charge on any atom is 0.235 e. The van der Waals surface area contributed by atoms with Gasteiger partial charge in [0, 0.05) is 6.07 Å². The SMILES string of the molecule is Cc1cc(CS(=O)(=O)CC(=O)NC2CCCc3ccccc32)no1. The molecule has 0 spiro atoms. The largest absolute Gasteiger partial charge is 0.361 e. The second-order valence-corrected chi connectivity index (χ2v) is 8.24. The summed E-state index contributed by atoms with van der Waals surface area (Å²) < 4.78 is 29.2. The minimum atomic E-state index is -3.58. The highest BCUT2D eigenvalue weighted by atomic mass is 32.2. The van der Waals surface area contributed by atoms with Gasteiger partial charge in [0.25, 0.3) is 0 Å². The fourth-order valence-corrected chi connectivity index (χ4v) is 4.27. The van der Waals surface area contributed by atoms with E-state index < -0.39 is 21.5 Å². The lowest BCUT2D eigenvalue weighted by atomic mass is 9.88. The third kappa shape index (κ3) is 4.03. The van der Waals surface area contributed by atoms with E-state index in [9.17, 15) is 13.2 Å². The number of benzene rings is 1. The fraction of sp³-hybridized carbons (Fsp3) is 0.412. The second-order valence-electron chi connectivity index (χ2n) is 6.17. The highest BCUT2D eigenvalue weighted by molar-refractivity contribution is 7.91. The molecule has 1 atom stereocenters. The van der Waals surface area contributed by atoms with Crippen LogP contribution in [0, 0.1) is 6.92 Å². The van der Waals surface area contributed by atoms with Gasteiger partial charge < -0.3 is 9.84 Å². The average Bonchev–Trinajstić information content (AvgIpc) is 2.91. The lowest BCUT2D eigenvalue weighted by Crippen LogP contribution is -2.35. The molecular weight excluding hydrogens is 328 g/mol. The number of sulfone groups is 1. The molecule has 0 aliphatic heterocycles. The van der Waals surface area contributed by atoms with E-state index in [1.807, 2.05) is 18.2 Å². The minimum Gasteiger partial charge on any atom is -0.361 e. The van der Waals surface area contributed by atoms with Gasteiger partial charge in [0.1, 0.15) is 11.5 Å². The van der Waals surface area contributed by atoms with Crippen molar-refractivity contribution in [3.05, 3.63) is 52.9 Å². The molecule has 0 fully saturated rings. The lowest BCUT2D eigenvalue weighted by Gasteiger charge is -2.26. The second kappa shape index (κ2) is 6.76. The van der Waals surface area contributed by atoms with Crippen LogP contribution in [0.4, 0.5) is 0 Å². The van der Waals surface area contributed by atoms with Crippen LogP contribution in [0.25, 0.3) is 0 Å². The first-order chi connectivity index (χ1) is 11.4. The first-order valence-electron chi connectivity index (χ1n) is 7.93. The van der Waals surface area contributed by atoms with Crippen molar-refractivity contribution >= 4 is 15.7 Å². The molecule has 1 amide bonds. The number of fused-ring (bicyclic) bond motifs is 1. The minimum absolute atomic E-state index is 0.119. The van der Waals surface area contributed by atoms with Gasteiger partial charge in [-0.2, -0.15) is 0 Å². The van der Waals surface area contributed by atoms with E-state index in [2.05, 4.69) is 16.5 Å². The molecule has 3 rings (SSSR count). The van der Waals surface area contributed by atoms with Gasteiger partial charge in [-0.15, -0.1) is 0 Å². The number of carbonyl (C=O) groups excluding carboxylic acids is 1. The molecule has 0 saturated carbocycles. The van der Waals surface area contributed by atoms with E-state index in [0.29, 0.717) is 11.5 Å². The van der Waals surface area contributed by atoms with E-state index in [0.717, 1.165) is 24.8 Å². The predicted molar refractivity (Wildman–Crippen MR) is 89.0 cm³/mol. The van der Waals surface area contributed by atoms with Crippen molar-refractivity contribution in [2.45, 2.75) is 38.0 Å². The molecule has 1 N–H and O–H groups in total. The van der Waals surface area contributed by atoms with Crippen LogP contribution in [-0.2, 0) is 26.8 Å². The molecule has 1 aliphatic carbocycles. The summed E-state index contributed by atoms with van der Waals surface area (Å²) >= 11 is 0. The number of hydrogen-bond acceptors (Lipinski definition) is 5. The van der Waals surface area contributed by atoms with Crippen molar-refractivity contribution in [1.29, 1.82) is 0 Å². The Labute approximate surface area is 141 Å². The van der Waals surface area contributed by atoms with Crippen molar-refractivity contribution in [2.24, 2.45) is 0 Å². The van der Waals surface area contributed by atoms with Gasteiger partial charge in [0.15, 0.2) is 9.84 Å². The van der Waals surface area contributed by atoms with Crippen LogP contribution in [0.5, 0.6) is 0 Å². The van der Waals surface area contributed by atoms with E-state index in [-0.39, 0.29) is 11.8 Å². The molecule has 1 aliphatic rings. The van der Waals surface area contributed by atoms with Crippen LogP contribution in [0.2, 0.25) is 0 Å². The van der Waals surface area contributed by atoms with Gasteiger partial charge in [-0.25, -0.2) is 8.42 Å². The number of hydrogen-bond donors (Lipinski definition) is 1. The summed E-state index contributed by atoms with van der Waals surface area (Å²) in [7, 11) is -3.58. The topological polar surface area (TPSA) is 89.3 Å². The Balaban J connectivity index is 1.63. The maximum atomic E-state index is 12.2. The van der Waals surface area contributed by atoms with Gasteiger partial charge in [0.2, 0.25) is 5.91 Å². The van der Waals surface area contributed by atoms with Gasteiger partial charge >= 0.3 is 0 Å². The first-order valence-corrected chi connectivity index (χ1v) is 9.75. The highest BCUT2D eigenvalue weighted by Gasteiger charge is 2.24. The smallest absolute Gasteiger partial charge is 0.235 e. The molecule has 2 aromatic rings. The van der Waals surface area contributed by atoms with Gasteiger partial charge in [-0.05, 0) is 37.3 Å². The van der Waals surface area contributed by atoms with Crippen LogP contribution >= 0.6 is 0 Å². The fourth-order valence-electron chi connectivity index (χ4n) is 3.10. The van der Waals surface area contributed by atoms with Crippen molar-refractivity contribution in [2.75, 3.05) is 5.75 Å². The maximum absolute atomic E-state index is 12.2. The average molecular weight is 348 g/mol. The third-order valence-electron chi connectivity index (χ3n) is 4.10. The molecule has 0 saturated heterocycles. The molecule has 6 nitrogen and oxygen atoms in total. The quantitative estimate of drug-likeness (QED) is 0.894. The van der Waals surface area contributed by atoms with E-state index >= 15 is 0 Å². The number of aromatic nitrogens is 1. The van der Waals surface area contributed by atoms with Gasteiger partial charge in [-0.3, -0.25) is 4.79 Å². The molecule has 7 heteroatoms. The molecule has 1 aromatic heterocycles. The molecule has 0 bridgehead atoms. The highest BCUT2D eigenvalue weighted by Crippen LogP contribution is 2.29. The van der Waals surface area contributed by atoms with Gasteiger partial charge in [-0.1, -0.05) is 29.4 Å². The number of amides is 1. The molecule has 128 valence electrons. The summed E-state index contributed by atoms with van der Waals surface area (Å²) in [5.41, 5.74) is 2.62. The van der Waals surface area contributed by atoms with Crippen LogP contribution in [0.1, 0.15) is 41.5 Å². The molecular formula is C17H20N2O4S. The summed E-state index contributed by atoms with van der Waals surface area (Å²) in [5.74, 6) is -0.767. The van der Waals surface area contributed by atoms with Crippen molar-refractivity contribution in [3.8, 4) is 0 Å². The van der Waals surface area contributed by atoms with Crippen LogP contribution in [0.15, 0.2) is 34.9 Å². The monoisotopic (exact) mass is 348 g/mol. The summed E-state index contributed by atoms with van der Waals surface area (Å²) in [4.78, 5) is 12.2. The Morgan fingerprint density at radius 2 is 2.17 bits per heavy atom. The Bertz CT molecular complexity index is 842. The standard InChI is InChI=1S/C17H20N2O4S/c1-12-9-14(19-23-12)10-24(21,22)11-17(20)18-16-8-4-6-13-5-2-3-7-15(13)16/h2-3,5,7,9,16H,4,6,8,10-11H2,1H3,(H,18,20). The summed E-state index contributed by atoms with van der Waals surface area (Å²) in [5, 5.41) is 6.53. The molecule has 1 heterocycles. The number of nitrogens with zero attached hydrogens (tertiary/aromatic N) is 1. The third-order valence-corrected chi connectivity index (χ3v) is 5.54.